The van der Waals surface area contributed by atoms with E-state index in [-0.39, 0.29) is 54.0 Å². The van der Waals surface area contributed by atoms with Crippen LogP contribution in [-0.4, -0.2) is 51.4 Å². The average Bonchev–Trinajstić information content (AvgIpc) is 3.69. The van der Waals surface area contributed by atoms with Crippen LogP contribution in [0.5, 0.6) is 0 Å². The minimum Gasteiger partial charge on any atom is -0.336 e. The van der Waals surface area contributed by atoms with E-state index in [1.54, 1.807) is 0 Å². The van der Waals surface area contributed by atoms with Crippen LogP contribution in [0.1, 0.15) is 71.6 Å². The molecule has 254 valence electrons. The van der Waals surface area contributed by atoms with Crippen LogP contribution in [0.3, 0.4) is 0 Å². The average molecular weight is 694 g/mol. The van der Waals surface area contributed by atoms with Crippen LogP contribution in [0.25, 0.3) is 11.1 Å². The standard InChI is InChI=1S/C37H40F4N4O2S/c1-4-43(5-2)19-20-44(22-26-9-13-28(14-10-26)29-15-18-32(25(3)21-29)37(39,40)41)34(46)23-45-33-8-6-7-31(33)35(47)42-36(45)48-24-27-11-16-30(38)17-12-27/h9-18,21H,4-8,19-20,22-24H2,1-3H3/i9D,10D,11D,12D,13D,14D,15D,16D,17D,18D,21D,24D2. The Morgan fingerprint density at radius 1 is 0.979 bits per heavy atom. The number of likely N-dealkylation sites (N-methyl/N-ethyl adjacent to an activating group) is 1. The molecule has 1 heterocycles. The van der Waals surface area contributed by atoms with E-state index < -0.39 is 137 Å². The number of hydrogen-bond acceptors (Lipinski definition) is 5. The summed E-state index contributed by atoms with van der Waals surface area (Å²) < 4.78 is 167. The third-order valence-corrected chi connectivity index (χ3v) is 8.63. The van der Waals surface area contributed by atoms with E-state index in [2.05, 4.69) is 4.98 Å². The number of halogens is 4. The first-order valence-electron chi connectivity index (χ1n) is 21.7. The second kappa shape index (κ2) is 15.5. The van der Waals surface area contributed by atoms with Crippen molar-refractivity contribution in [3.8, 4) is 11.1 Å². The molecule has 0 bridgehead atoms. The van der Waals surface area contributed by atoms with Gasteiger partial charge < -0.3 is 14.4 Å². The van der Waals surface area contributed by atoms with E-state index in [1.165, 1.54) is 9.47 Å². The highest BCUT2D eigenvalue weighted by molar-refractivity contribution is 7.98. The van der Waals surface area contributed by atoms with Crippen LogP contribution in [0.4, 0.5) is 17.6 Å². The molecule has 11 heteroatoms. The number of alkyl halides is 3. The van der Waals surface area contributed by atoms with Crippen molar-refractivity contribution in [2.45, 2.75) is 70.2 Å². The number of hydrogen-bond donors (Lipinski definition) is 0. The second-order valence-electron chi connectivity index (χ2n) is 10.9. The molecular formula is C37H40F4N4O2S. The molecule has 5 rings (SSSR count). The van der Waals surface area contributed by atoms with Gasteiger partial charge in [-0.3, -0.25) is 9.59 Å². The highest BCUT2D eigenvalue weighted by Gasteiger charge is 2.32. The summed E-state index contributed by atoms with van der Waals surface area (Å²) in [4.78, 5) is 34.9. The maximum Gasteiger partial charge on any atom is 0.416 e. The molecule has 1 aromatic heterocycles. The lowest BCUT2D eigenvalue weighted by Crippen LogP contribution is -2.40. The van der Waals surface area contributed by atoms with Crippen LogP contribution in [0, 0.1) is 12.7 Å². The zero-order valence-corrected chi connectivity index (χ0v) is 27.2. The predicted molar refractivity (Wildman–Crippen MR) is 181 cm³/mol. The van der Waals surface area contributed by atoms with Gasteiger partial charge in [-0.1, -0.05) is 73.9 Å². The Morgan fingerprint density at radius 2 is 1.65 bits per heavy atom. The summed E-state index contributed by atoms with van der Waals surface area (Å²) in [6, 6.07) is -10.7. The molecule has 3 aromatic carbocycles. The van der Waals surface area contributed by atoms with E-state index >= 15 is 0 Å². The summed E-state index contributed by atoms with van der Waals surface area (Å²) in [5, 5.41) is -0.375. The topological polar surface area (TPSA) is 58.4 Å². The van der Waals surface area contributed by atoms with Gasteiger partial charge in [-0.05, 0) is 85.2 Å². The Kier molecular flexibility index (Phi) is 7.07. The number of aromatic nitrogens is 2. The normalized spacial score (nSPS) is 17.0. The predicted octanol–water partition coefficient (Wildman–Crippen LogP) is 7.53. The molecule has 6 nitrogen and oxygen atoms in total. The molecule has 0 N–H and O–H groups in total. The highest BCUT2D eigenvalue weighted by Crippen LogP contribution is 2.34. The first-order valence-corrected chi connectivity index (χ1v) is 16.0. The molecular weight excluding hydrogens is 640 g/mol. The molecule has 0 unspecified atom stereocenters. The number of fused-ring (bicyclic) bond motifs is 1. The van der Waals surface area contributed by atoms with Crippen molar-refractivity contribution in [3.05, 3.63) is 116 Å². The van der Waals surface area contributed by atoms with Crippen LogP contribution in [0.2, 0.25) is 0 Å². The van der Waals surface area contributed by atoms with Gasteiger partial charge in [-0.25, -0.2) is 4.39 Å². The van der Waals surface area contributed by atoms with E-state index in [4.69, 9.17) is 17.8 Å². The SMILES string of the molecule is [2H]c1c([2H])c(C([2H])([2H])Sc2nc(=O)c3c(n2CC(=O)N(CCN(CC)CC)Cc2c([2H])c([2H])c(-c4c([2H])c([2H])c(C(F)(F)F)c(C)c4[2H])c([2H])c2[2H])CCC3)c([2H])c([2H])c1F. The monoisotopic (exact) mass is 693 g/mol. The van der Waals surface area contributed by atoms with Gasteiger partial charge in [0.2, 0.25) is 5.91 Å². The second-order valence-corrected chi connectivity index (χ2v) is 11.7. The number of rotatable bonds is 13. The van der Waals surface area contributed by atoms with Crippen molar-refractivity contribution in [2.24, 2.45) is 0 Å². The lowest BCUT2D eigenvalue weighted by molar-refractivity contribution is -0.138. The van der Waals surface area contributed by atoms with Crippen molar-refractivity contribution in [2.75, 3.05) is 26.2 Å². The van der Waals surface area contributed by atoms with Crippen molar-refractivity contribution in [1.82, 2.24) is 19.4 Å². The number of carbonyl (C=O) groups is 1. The van der Waals surface area contributed by atoms with Crippen molar-refractivity contribution in [1.29, 1.82) is 0 Å². The molecule has 1 amide bonds. The van der Waals surface area contributed by atoms with Crippen molar-refractivity contribution >= 4 is 17.7 Å². The Balaban J connectivity index is 1.62. The van der Waals surface area contributed by atoms with Crippen molar-refractivity contribution < 1.29 is 40.2 Å². The summed E-state index contributed by atoms with van der Waals surface area (Å²) in [6.45, 7) is 4.75. The maximum absolute atomic E-state index is 14.5. The van der Waals surface area contributed by atoms with Gasteiger partial charge in [0.1, 0.15) is 12.4 Å². The minimum absolute atomic E-state index is 0.0620. The van der Waals surface area contributed by atoms with Gasteiger partial charge in [0.15, 0.2) is 5.16 Å². The van der Waals surface area contributed by atoms with Gasteiger partial charge >= 0.3 is 6.18 Å². The first-order chi connectivity index (χ1) is 28.3. The van der Waals surface area contributed by atoms with Gasteiger partial charge in [-0.15, -0.1) is 0 Å². The summed E-state index contributed by atoms with van der Waals surface area (Å²) in [7, 11) is 0. The van der Waals surface area contributed by atoms with Crippen LogP contribution < -0.4 is 5.56 Å². The zero-order valence-electron chi connectivity index (χ0n) is 39.4. The lowest BCUT2D eigenvalue weighted by atomic mass is 9.98. The number of amides is 1. The number of carbonyl (C=O) groups excluding carboxylic acids is 1. The molecule has 0 saturated carbocycles. The fourth-order valence-electron chi connectivity index (χ4n) is 5.24. The molecule has 0 radical (unpaired) electrons. The third-order valence-electron chi connectivity index (χ3n) is 7.83. The molecule has 1 aliphatic rings. The molecule has 0 spiro atoms. The molecule has 0 saturated heterocycles. The lowest BCUT2D eigenvalue weighted by Gasteiger charge is -2.28. The fraction of sp³-hybridized carbons (Fsp3) is 0.378. The minimum atomic E-state index is -5.10. The van der Waals surface area contributed by atoms with Crippen LogP contribution >= 0.6 is 11.8 Å². The zero-order chi connectivity index (χ0) is 45.8. The van der Waals surface area contributed by atoms with Gasteiger partial charge in [0.25, 0.3) is 5.56 Å². The highest BCUT2D eigenvalue weighted by atomic mass is 32.2. The fourth-order valence-corrected chi connectivity index (χ4v) is 5.95. The molecule has 0 atom stereocenters. The summed E-state index contributed by atoms with van der Waals surface area (Å²) >= 11 is 0.216. The van der Waals surface area contributed by atoms with E-state index in [9.17, 15) is 27.2 Å². The molecule has 0 aliphatic heterocycles. The quantitative estimate of drug-likeness (QED) is 0.0824. The molecule has 4 aromatic rings. The van der Waals surface area contributed by atoms with Crippen LogP contribution in [-0.2, 0) is 42.6 Å². The Morgan fingerprint density at radius 3 is 2.31 bits per heavy atom. The summed E-state index contributed by atoms with van der Waals surface area (Å²) in [5.41, 5.74) is -7.80. The van der Waals surface area contributed by atoms with E-state index in [0.29, 0.717) is 25.2 Å². The third kappa shape index (κ3) is 8.54. The Bertz CT molecular complexity index is 2410. The maximum atomic E-state index is 14.5. The van der Waals surface area contributed by atoms with Crippen molar-refractivity contribution in [3.63, 3.8) is 0 Å². The molecule has 0 fully saturated rings. The Labute approximate surface area is 301 Å². The van der Waals surface area contributed by atoms with Gasteiger partial charge in [-0.2, -0.15) is 18.2 Å². The Hall–Kier alpha value is -3.96. The summed E-state index contributed by atoms with van der Waals surface area (Å²) in [6.07, 6.45) is -4.09. The molecule has 1 aliphatic carbocycles. The number of benzene rings is 3. The largest absolute Gasteiger partial charge is 0.416 e. The molecule has 48 heavy (non-hydrogen) atoms. The summed E-state index contributed by atoms with van der Waals surface area (Å²) in [5.74, 6) is -2.21. The smallest absolute Gasteiger partial charge is 0.336 e. The van der Waals surface area contributed by atoms with Crippen LogP contribution in [0.15, 0.2) is 76.4 Å². The van der Waals surface area contributed by atoms with E-state index in [0.717, 1.165) is 6.92 Å². The number of nitrogens with zero attached hydrogens (tertiary/aromatic N) is 4. The number of thioether (sulfide) groups is 1. The van der Waals surface area contributed by atoms with Gasteiger partial charge in [0, 0.05) is 39.3 Å². The van der Waals surface area contributed by atoms with E-state index in [1.807, 2.05) is 18.7 Å². The van der Waals surface area contributed by atoms with Gasteiger partial charge in [0.05, 0.1) is 20.6 Å². The first kappa shape index (κ1) is 21.9.